The first kappa shape index (κ1) is 10.7. The Hall–Kier alpha value is -0.860. The first-order valence-electron chi connectivity index (χ1n) is 5.88. The second-order valence-corrected chi connectivity index (χ2v) is 4.71. The van der Waals surface area contributed by atoms with Gasteiger partial charge in [0.15, 0.2) is 0 Å². The lowest BCUT2D eigenvalue weighted by molar-refractivity contribution is -0.160. The highest BCUT2D eigenvalue weighted by molar-refractivity contribution is 5.85. The highest BCUT2D eigenvalue weighted by Gasteiger charge is 2.52. The molecule has 2 aliphatic rings. The van der Waals surface area contributed by atoms with E-state index in [-0.39, 0.29) is 17.3 Å². The fourth-order valence-corrected chi connectivity index (χ4v) is 3.16. The fraction of sp³-hybridized carbons (Fsp3) is 0.833. The van der Waals surface area contributed by atoms with Crippen LogP contribution in [0.15, 0.2) is 0 Å². The van der Waals surface area contributed by atoms with E-state index in [1.54, 1.807) is 0 Å². The van der Waals surface area contributed by atoms with E-state index < -0.39 is 0 Å². The van der Waals surface area contributed by atoms with Crippen molar-refractivity contribution in [1.82, 2.24) is 0 Å². The zero-order chi connectivity index (χ0) is 10.9. The van der Waals surface area contributed by atoms with Crippen LogP contribution >= 0.6 is 0 Å². The standard InChI is InChI=1S/C12H18O3/c1-2-15-11(14)12-6-3-4-9(12)8-10(13)5-7-12/h9H,2-8H2,1H3/t9-,12-/m0/s1. The van der Waals surface area contributed by atoms with Gasteiger partial charge >= 0.3 is 5.97 Å². The summed E-state index contributed by atoms with van der Waals surface area (Å²) in [6.07, 6.45) is 4.88. The largest absolute Gasteiger partial charge is 0.466 e. The van der Waals surface area contributed by atoms with Gasteiger partial charge in [0.2, 0.25) is 0 Å². The Bertz CT molecular complexity index is 285. The summed E-state index contributed by atoms with van der Waals surface area (Å²) in [5.41, 5.74) is -0.302. The van der Waals surface area contributed by atoms with Gasteiger partial charge in [-0.05, 0) is 32.1 Å². The molecule has 0 aromatic heterocycles. The Balaban J connectivity index is 2.17. The normalized spacial score (nSPS) is 35.0. The molecule has 0 aromatic rings. The number of hydrogen-bond donors (Lipinski definition) is 0. The van der Waals surface area contributed by atoms with Crippen molar-refractivity contribution in [3.63, 3.8) is 0 Å². The predicted molar refractivity (Wildman–Crippen MR) is 55.3 cm³/mol. The third kappa shape index (κ3) is 1.68. The summed E-state index contributed by atoms with van der Waals surface area (Å²) in [6, 6.07) is 0. The maximum atomic E-state index is 12.0. The second kappa shape index (κ2) is 3.95. The summed E-state index contributed by atoms with van der Waals surface area (Å²) in [7, 11) is 0. The van der Waals surface area contributed by atoms with Crippen molar-refractivity contribution in [3.8, 4) is 0 Å². The molecule has 84 valence electrons. The molecule has 0 saturated heterocycles. The Labute approximate surface area is 90.2 Å². The van der Waals surface area contributed by atoms with Crippen molar-refractivity contribution >= 4 is 11.8 Å². The molecule has 0 aliphatic heterocycles. The molecule has 0 aromatic carbocycles. The van der Waals surface area contributed by atoms with Crippen LogP contribution < -0.4 is 0 Å². The molecular weight excluding hydrogens is 192 g/mol. The van der Waals surface area contributed by atoms with Crippen LogP contribution in [0.1, 0.15) is 45.4 Å². The van der Waals surface area contributed by atoms with Crippen LogP contribution in [0.4, 0.5) is 0 Å². The Morgan fingerprint density at radius 1 is 1.53 bits per heavy atom. The average molecular weight is 210 g/mol. The van der Waals surface area contributed by atoms with Crippen LogP contribution in [0.3, 0.4) is 0 Å². The number of carbonyl (C=O) groups excluding carboxylic acids is 2. The van der Waals surface area contributed by atoms with Crippen molar-refractivity contribution in [3.05, 3.63) is 0 Å². The molecule has 2 fully saturated rings. The summed E-state index contributed by atoms with van der Waals surface area (Å²) < 4.78 is 5.17. The van der Waals surface area contributed by atoms with Crippen molar-refractivity contribution in [2.75, 3.05) is 6.61 Å². The lowest BCUT2D eigenvalue weighted by Gasteiger charge is -2.36. The number of ether oxygens (including phenoxy) is 1. The van der Waals surface area contributed by atoms with Crippen LogP contribution in [0.2, 0.25) is 0 Å². The number of ketones is 1. The Kier molecular flexibility index (Phi) is 2.81. The third-order valence-electron chi connectivity index (χ3n) is 3.96. The van der Waals surface area contributed by atoms with Crippen molar-refractivity contribution in [2.24, 2.45) is 11.3 Å². The molecule has 0 radical (unpaired) electrons. The summed E-state index contributed by atoms with van der Waals surface area (Å²) in [5, 5.41) is 0. The first-order valence-corrected chi connectivity index (χ1v) is 5.88. The third-order valence-corrected chi connectivity index (χ3v) is 3.96. The van der Waals surface area contributed by atoms with Crippen molar-refractivity contribution in [2.45, 2.75) is 45.4 Å². The highest BCUT2D eigenvalue weighted by Crippen LogP contribution is 2.52. The summed E-state index contributed by atoms with van der Waals surface area (Å²) in [6.45, 7) is 2.29. The van der Waals surface area contributed by atoms with Gasteiger partial charge in [-0.15, -0.1) is 0 Å². The molecule has 0 bridgehead atoms. The van der Waals surface area contributed by atoms with Gasteiger partial charge in [-0.3, -0.25) is 9.59 Å². The molecule has 3 heteroatoms. The molecule has 0 spiro atoms. The van der Waals surface area contributed by atoms with E-state index in [0.29, 0.717) is 25.2 Å². The Morgan fingerprint density at radius 2 is 2.33 bits per heavy atom. The minimum Gasteiger partial charge on any atom is -0.466 e. The van der Waals surface area contributed by atoms with Crippen LogP contribution in [-0.4, -0.2) is 18.4 Å². The van der Waals surface area contributed by atoms with Gasteiger partial charge in [0.25, 0.3) is 0 Å². The number of hydrogen-bond acceptors (Lipinski definition) is 3. The van der Waals surface area contributed by atoms with E-state index in [4.69, 9.17) is 4.74 Å². The number of esters is 1. The molecule has 0 unspecified atom stereocenters. The molecule has 3 nitrogen and oxygen atoms in total. The van der Waals surface area contributed by atoms with Gasteiger partial charge in [0.1, 0.15) is 5.78 Å². The van der Waals surface area contributed by atoms with Crippen molar-refractivity contribution in [1.29, 1.82) is 0 Å². The zero-order valence-corrected chi connectivity index (χ0v) is 9.25. The summed E-state index contributed by atoms with van der Waals surface area (Å²) in [5.74, 6) is 0.527. The molecule has 0 amide bonds. The van der Waals surface area contributed by atoms with Crippen LogP contribution in [0, 0.1) is 11.3 Å². The van der Waals surface area contributed by atoms with Crippen LogP contribution in [-0.2, 0) is 14.3 Å². The molecule has 2 aliphatic carbocycles. The van der Waals surface area contributed by atoms with Crippen LogP contribution in [0.5, 0.6) is 0 Å². The van der Waals surface area contributed by atoms with E-state index in [1.165, 1.54) is 0 Å². The van der Waals surface area contributed by atoms with Crippen LogP contribution in [0.25, 0.3) is 0 Å². The average Bonchev–Trinajstić information content (AvgIpc) is 2.62. The molecule has 2 rings (SSSR count). The van der Waals surface area contributed by atoms with Gasteiger partial charge in [-0.2, -0.15) is 0 Å². The van der Waals surface area contributed by atoms with E-state index >= 15 is 0 Å². The van der Waals surface area contributed by atoms with Gasteiger partial charge in [-0.1, -0.05) is 6.42 Å². The maximum absolute atomic E-state index is 12.0. The lowest BCUT2D eigenvalue weighted by atomic mass is 9.68. The smallest absolute Gasteiger partial charge is 0.312 e. The molecule has 2 saturated carbocycles. The molecule has 0 N–H and O–H groups in total. The SMILES string of the molecule is CCOC(=O)[C@]12CCC[C@H]1CC(=O)CC2. The zero-order valence-electron chi connectivity index (χ0n) is 9.25. The predicted octanol–water partition coefficient (Wildman–Crippen LogP) is 2.09. The molecule has 15 heavy (non-hydrogen) atoms. The molecule has 2 atom stereocenters. The van der Waals surface area contributed by atoms with Gasteiger partial charge in [-0.25, -0.2) is 0 Å². The number of Topliss-reactive ketones (excluding diaryl/α,β-unsaturated/α-hetero) is 1. The number of fused-ring (bicyclic) bond motifs is 1. The fourth-order valence-electron chi connectivity index (χ4n) is 3.16. The maximum Gasteiger partial charge on any atom is 0.312 e. The quantitative estimate of drug-likeness (QED) is 0.655. The topological polar surface area (TPSA) is 43.4 Å². The minimum absolute atomic E-state index is 0.0556. The second-order valence-electron chi connectivity index (χ2n) is 4.71. The lowest BCUT2D eigenvalue weighted by Crippen LogP contribution is -2.41. The number of rotatable bonds is 2. The Morgan fingerprint density at radius 3 is 3.07 bits per heavy atom. The summed E-state index contributed by atoms with van der Waals surface area (Å²) >= 11 is 0. The molecular formula is C12H18O3. The van der Waals surface area contributed by atoms with E-state index in [9.17, 15) is 9.59 Å². The van der Waals surface area contributed by atoms with Crippen molar-refractivity contribution < 1.29 is 14.3 Å². The van der Waals surface area contributed by atoms with Gasteiger partial charge in [0.05, 0.1) is 12.0 Å². The highest BCUT2D eigenvalue weighted by atomic mass is 16.5. The molecule has 0 heterocycles. The first-order chi connectivity index (χ1) is 7.19. The minimum atomic E-state index is -0.302. The van der Waals surface area contributed by atoms with E-state index in [0.717, 1.165) is 25.7 Å². The van der Waals surface area contributed by atoms with Gasteiger partial charge in [0, 0.05) is 12.8 Å². The van der Waals surface area contributed by atoms with Gasteiger partial charge < -0.3 is 4.74 Å². The monoisotopic (exact) mass is 210 g/mol. The number of carbonyl (C=O) groups is 2. The summed E-state index contributed by atoms with van der Waals surface area (Å²) in [4.78, 5) is 23.4. The van der Waals surface area contributed by atoms with E-state index in [1.807, 2.05) is 6.92 Å². The van der Waals surface area contributed by atoms with E-state index in [2.05, 4.69) is 0 Å².